The molecule has 0 aliphatic carbocycles. The maximum absolute atomic E-state index is 0. The van der Waals surface area contributed by atoms with Gasteiger partial charge in [0.15, 0.2) is 0 Å². The number of rotatable bonds is 0. The van der Waals surface area contributed by atoms with E-state index < -0.39 is 0 Å². The fourth-order valence-electron chi connectivity index (χ4n) is 0. The summed E-state index contributed by atoms with van der Waals surface area (Å²) in [5, 5.41) is 0. The Hall–Kier alpha value is 2.67. The first-order valence-corrected chi connectivity index (χ1v) is 0. The standard InChI is InChI=1S/5N.3Nb.3H4Si/h;;;;;;;;3*1H4/q5*-3;3*+5;;;. The maximum Gasteiger partial charge on any atom is 5.00 e. The van der Waals surface area contributed by atoms with Crippen LogP contribution in [0.5, 0.6) is 0 Å². The quantitative estimate of drug-likeness (QED) is 0.351. The molecule has 0 aliphatic heterocycles. The predicted molar refractivity (Wildman–Crippen MR) is 50.8 cm³/mol. The van der Waals surface area contributed by atoms with Gasteiger partial charge >= 0.3 is 67.1 Å². The average Bonchev–Trinajstić information content (AvgIpc) is 0. The molecular weight excluding hydrogens is 433 g/mol. The van der Waals surface area contributed by atoms with Crippen LogP contribution in [0.15, 0.2) is 0 Å². The summed E-state index contributed by atoms with van der Waals surface area (Å²) in [5.74, 6) is 0. The third kappa shape index (κ3) is 202. The molecule has 0 aromatic heterocycles. The van der Waals surface area contributed by atoms with E-state index in [1.165, 1.54) is 0 Å². The average molecular weight is 445 g/mol. The van der Waals surface area contributed by atoms with Crippen molar-refractivity contribution in [1.29, 1.82) is 0 Å². The molecular formula is H12N5Nb3Si3. The second-order valence-corrected chi connectivity index (χ2v) is 0. The largest absolute Gasteiger partial charge is 5.00 e. The monoisotopic (exact) mass is 445 g/mol. The van der Waals surface area contributed by atoms with Crippen molar-refractivity contribution in [3.8, 4) is 0 Å². The minimum absolute atomic E-state index is 0. The number of hydrogen-bond donors (Lipinski definition) is 0. The Morgan fingerprint density at radius 1 is 0.273 bits per heavy atom. The summed E-state index contributed by atoms with van der Waals surface area (Å²) in [7, 11) is 0. The first-order chi connectivity index (χ1) is 0. The number of hydrogen-bond acceptors (Lipinski definition) is 0. The van der Waals surface area contributed by atoms with Crippen molar-refractivity contribution in [2.75, 3.05) is 0 Å². The molecule has 11 heavy (non-hydrogen) atoms. The van der Waals surface area contributed by atoms with E-state index in [1.54, 1.807) is 0 Å². The first kappa shape index (κ1) is 308. The molecule has 0 rings (SSSR count). The molecule has 0 aromatic carbocycles. The molecule has 0 amide bonds. The molecule has 0 fully saturated rings. The zero-order valence-electron chi connectivity index (χ0n) is 3.58. The predicted octanol–water partition coefficient (Wildman–Crippen LogP) is -2.92. The SMILES string of the molecule is [N-3].[N-3].[N-3].[N-3].[N-3].[Nb+5].[Nb+5].[Nb+5].[SiH4].[SiH4].[SiH4]. The molecule has 0 saturated carbocycles. The van der Waals surface area contributed by atoms with Gasteiger partial charge in [0, 0.05) is 0 Å². The Morgan fingerprint density at radius 2 is 0.273 bits per heavy atom. The van der Waals surface area contributed by atoms with Gasteiger partial charge in [0.1, 0.15) is 0 Å². The third-order valence-electron chi connectivity index (χ3n) is 0. The van der Waals surface area contributed by atoms with Crippen LogP contribution in [0.25, 0.3) is 30.8 Å². The van der Waals surface area contributed by atoms with Crippen LogP contribution < -0.4 is 0 Å². The fourth-order valence-corrected chi connectivity index (χ4v) is 0. The van der Waals surface area contributed by atoms with E-state index in [4.69, 9.17) is 0 Å². The Balaban J connectivity index is 0. The van der Waals surface area contributed by atoms with Gasteiger partial charge in [-0.2, -0.15) is 0 Å². The van der Waals surface area contributed by atoms with Crippen LogP contribution in [0.1, 0.15) is 0 Å². The van der Waals surface area contributed by atoms with Gasteiger partial charge < -0.3 is 30.8 Å². The summed E-state index contributed by atoms with van der Waals surface area (Å²) >= 11 is 0. The van der Waals surface area contributed by atoms with Gasteiger partial charge in [-0.25, -0.2) is 0 Å². The molecule has 0 radical (unpaired) electrons. The van der Waals surface area contributed by atoms with Crippen LogP contribution in [0.4, 0.5) is 0 Å². The summed E-state index contributed by atoms with van der Waals surface area (Å²) < 4.78 is 0. The second kappa shape index (κ2) is 242. The summed E-state index contributed by atoms with van der Waals surface area (Å²) in [4.78, 5) is 0. The van der Waals surface area contributed by atoms with Crippen LogP contribution in [-0.4, -0.2) is 32.9 Å². The van der Waals surface area contributed by atoms with Gasteiger partial charge in [-0.15, -0.1) is 0 Å². The molecule has 0 spiro atoms. The Kier molecular flexibility index (Phi) is 6760. The smallest absolute Gasteiger partial charge is 3.00 e. The van der Waals surface area contributed by atoms with Crippen LogP contribution in [-0.2, 0) is 67.1 Å². The molecule has 11 heteroatoms. The van der Waals surface area contributed by atoms with E-state index in [0.29, 0.717) is 0 Å². The summed E-state index contributed by atoms with van der Waals surface area (Å²) in [5.41, 5.74) is 0. The van der Waals surface area contributed by atoms with Crippen LogP contribution in [0.2, 0.25) is 0 Å². The summed E-state index contributed by atoms with van der Waals surface area (Å²) in [6.45, 7) is 0. The molecule has 0 atom stereocenters. The third-order valence-corrected chi connectivity index (χ3v) is 0. The second-order valence-electron chi connectivity index (χ2n) is 0. The molecule has 0 heterocycles. The van der Waals surface area contributed by atoms with Crippen molar-refractivity contribution in [3.63, 3.8) is 0 Å². The van der Waals surface area contributed by atoms with Crippen molar-refractivity contribution in [3.05, 3.63) is 30.8 Å². The molecule has 0 N–H and O–H groups in total. The number of nitrogens with zero attached hydrogens (tertiary/aromatic N) is 5. The van der Waals surface area contributed by atoms with Crippen molar-refractivity contribution in [1.82, 2.24) is 0 Å². The Labute approximate surface area is 129 Å². The zero-order valence-corrected chi connectivity index (χ0v) is 10.2. The van der Waals surface area contributed by atoms with Crippen molar-refractivity contribution in [2.24, 2.45) is 0 Å². The van der Waals surface area contributed by atoms with Gasteiger partial charge in [-0.1, -0.05) is 0 Å². The van der Waals surface area contributed by atoms with Gasteiger partial charge in [0.25, 0.3) is 0 Å². The molecule has 0 aliphatic rings. The van der Waals surface area contributed by atoms with Crippen molar-refractivity contribution >= 4 is 32.9 Å². The summed E-state index contributed by atoms with van der Waals surface area (Å²) in [6.07, 6.45) is 0. The summed E-state index contributed by atoms with van der Waals surface area (Å²) in [6, 6.07) is 0. The fraction of sp³-hybridized carbons (Fsp3) is 0. The molecule has 0 saturated heterocycles. The van der Waals surface area contributed by atoms with Crippen molar-refractivity contribution in [2.45, 2.75) is 0 Å². The van der Waals surface area contributed by atoms with E-state index >= 15 is 0 Å². The van der Waals surface area contributed by atoms with Crippen LogP contribution in [0, 0.1) is 0 Å². The van der Waals surface area contributed by atoms with E-state index in [9.17, 15) is 0 Å². The molecule has 64 valence electrons. The van der Waals surface area contributed by atoms with Gasteiger partial charge in [0.2, 0.25) is 0 Å². The van der Waals surface area contributed by atoms with Crippen molar-refractivity contribution < 1.29 is 67.1 Å². The van der Waals surface area contributed by atoms with Gasteiger partial charge in [-0.3, -0.25) is 0 Å². The van der Waals surface area contributed by atoms with E-state index in [-0.39, 0.29) is 131 Å². The van der Waals surface area contributed by atoms with Crippen LogP contribution in [0.3, 0.4) is 0 Å². The molecule has 0 aromatic rings. The Morgan fingerprint density at radius 3 is 0.273 bits per heavy atom. The zero-order chi connectivity index (χ0) is 0. The van der Waals surface area contributed by atoms with E-state index in [2.05, 4.69) is 0 Å². The maximum atomic E-state index is 0. The molecule has 5 nitrogen and oxygen atoms in total. The van der Waals surface area contributed by atoms with Crippen LogP contribution >= 0.6 is 0 Å². The normalized spacial score (nSPS) is 0. The van der Waals surface area contributed by atoms with Gasteiger partial charge in [-0.05, 0) is 32.9 Å². The van der Waals surface area contributed by atoms with E-state index in [0.717, 1.165) is 0 Å². The van der Waals surface area contributed by atoms with E-state index in [1.807, 2.05) is 0 Å². The topological polar surface area (TPSA) is 152 Å². The Bertz CT molecular complexity index is 16.9. The molecule has 0 unspecified atom stereocenters. The minimum Gasteiger partial charge on any atom is -3.00 e. The first-order valence-electron chi connectivity index (χ1n) is 0. The molecule has 0 bridgehead atoms. The minimum atomic E-state index is 0. The van der Waals surface area contributed by atoms with Gasteiger partial charge in [0.05, 0.1) is 0 Å².